The van der Waals surface area contributed by atoms with Gasteiger partial charge in [-0.2, -0.15) is 0 Å². The van der Waals surface area contributed by atoms with Gasteiger partial charge in [-0.3, -0.25) is 4.98 Å². The molecular weight excluding hydrogens is 160 g/mol. The molecule has 0 bridgehead atoms. The summed E-state index contributed by atoms with van der Waals surface area (Å²) < 4.78 is 0. The molecule has 1 heterocycles. The van der Waals surface area contributed by atoms with Crippen LogP contribution in [0.3, 0.4) is 0 Å². The summed E-state index contributed by atoms with van der Waals surface area (Å²) >= 11 is 0. The fourth-order valence-electron chi connectivity index (χ4n) is 1.90. The van der Waals surface area contributed by atoms with Gasteiger partial charge in [-0.05, 0) is 38.3 Å². The van der Waals surface area contributed by atoms with E-state index in [1.54, 1.807) is 0 Å². The van der Waals surface area contributed by atoms with Crippen molar-refractivity contribution in [3.8, 4) is 0 Å². The Morgan fingerprint density at radius 3 is 2.54 bits per heavy atom. The standard InChI is InChI=1S/C11H16N2/c1-8-3-4-10(7-13-8)11(5-6-11)9(2)12/h3-4,7,9H,5-6,12H2,1-2H3. The Hall–Kier alpha value is -0.890. The van der Waals surface area contributed by atoms with Gasteiger partial charge in [0.15, 0.2) is 0 Å². The molecule has 2 nitrogen and oxygen atoms in total. The quantitative estimate of drug-likeness (QED) is 0.745. The summed E-state index contributed by atoms with van der Waals surface area (Å²) in [6.07, 6.45) is 4.41. The molecule has 1 atom stereocenters. The first-order valence-corrected chi connectivity index (χ1v) is 4.84. The van der Waals surface area contributed by atoms with Crippen LogP contribution in [-0.2, 0) is 5.41 Å². The molecule has 1 aromatic rings. The molecule has 0 aliphatic heterocycles. The number of aromatic nitrogens is 1. The van der Waals surface area contributed by atoms with E-state index in [1.165, 1.54) is 18.4 Å². The Morgan fingerprint density at radius 2 is 2.15 bits per heavy atom. The number of hydrogen-bond donors (Lipinski definition) is 1. The van der Waals surface area contributed by atoms with Crippen molar-refractivity contribution in [2.75, 3.05) is 0 Å². The van der Waals surface area contributed by atoms with E-state index in [0.29, 0.717) is 0 Å². The highest BCUT2D eigenvalue weighted by molar-refractivity contribution is 5.31. The van der Waals surface area contributed by atoms with Gasteiger partial charge in [0.1, 0.15) is 0 Å². The van der Waals surface area contributed by atoms with Gasteiger partial charge in [-0.25, -0.2) is 0 Å². The molecule has 1 saturated carbocycles. The van der Waals surface area contributed by atoms with E-state index in [0.717, 1.165) is 5.69 Å². The third kappa shape index (κ3) is 1.35. The fraction of sp³-hybridized carbons (Fsp3) is 0.545. The number of nitrogens with zero attached hydrogens (tertiary/aromatic N) is 1. The van der Waals surface area contributed by atoms with E-state index in [9.17, 15) is 0 Å². The molecule has 1 aromatic heterocycles. The Bertz CT molecular complexity index is 296. The lowest BCUT2D eigenvalue weighted by Crippen LogP contribution is -2.31. The normalized spacial score (nSPS) is 21.2. The molecule has 0 amide bonds. The van der Waals surface area contributed by atoms with E-state index in [4.69, 9.17) is 5.73 Å². The van der Waals surface area contributed by atoms with E-state index < -0.39 is 0 Å². The number of hydrogen-bond acceptors (Lipinski definition) is 2. The second-order valence-corrected chi connectivity index (χ2v) is 4.13. The number of pyridine rings is 1. The van der Waals surface area contributed by atoms with E-state index in [2.05, 4.69) is 24.0 Å². The van der Waals surface area contributed by atoms with Gasteiger partial charge in [0, 0.05) is 23.3 Å². The Kier molecular flexibility index (Phi) is 1.88. The predicted octanol–water partition coefficient (Wildman–Crippen LogP) is 1.77. The number of nitrogens with two attached hydrogens (primary N) is 1. The minimum absolute atomic E-state index is 0.247. The zero-order chi connectivity index (χ0) is 9.47. The molecule has 1 aliphatic rings. The Labute approximate surface area is 79.2 Å². The number of aryl methyl sites for hydroxylation is 1. The Morgan fingerprint density at radius 1 is 1.46 bits per heavy atom. The summed E-state index contributed by atoms with van der Waals surface area (Å²) in [5.74, 6) is 0. The summed E-state index contributed by atoms with van der Waals surface area (Å²) in [5.41, 5.74) is 8.61. The van der Waals surface area contributed by atoms with Gasteiger partial charge in [0.25, 0.3) is 0 Å². The van der Waals surface area contributed by atoms with Crippen molar-refractivity contribution in [3.05, 3.63) is 29.6 Å². The molecule has 2 rings (SSSR count). The van der Waals surface area contributed by atoms with E-state index in [1.807, 2.05) is 13.1 Å². The molecule has 0 saturated heterocycles. The highest BCUT2D eigenvalue weighted by Gasteiger charge is 2.47. The first kappa shape index (κ1) is 8.70. The highest BCUT2D eigenvalue weighted by Crippen LogP contribution is 2.49. The summed E-state index contributed by atoms with van der Waals surface area (Å²) in [6.45, 7) is 4.10. The average molecular weight is 176 g/mol. The average Bonchev–Trinajstić information content (AvgIpc) is 2.86. The minimum atomic E-state index is 0.247. The largest absolute Gasteiger partial charge is 0.327 e. The monoisotopic (exact) mass is 176 g/mol. The molecule has 70 valence electrons. The van der Waals surface area contributed by atoms with Gasteiger partial charge in [0.2, 0.25) is 0 Å². The van der Waals surface area contributed by atoms with Crippen molar-refractivity contribution in [1.29, 1.82) is 0 Å². The zero-order valence-electron chi connectivity index (χ0n) is 8.25. The van der Waals surface area contributed by atoms with Crippen LogP contribution in [0.15, 0.2) is 18.3 Å². The molecule has 0 spiro atoms. The lowest BCUT2D eigenvalue weighted by molar-refractivity contribution is 0.554. The molecule has 13 heavy (non-hydrogen) atoms. The van der Waals surface area contributed by atoms with Crippen molar-refractivity contribution in [2.24, 2.45) is 5.73 Å². The zero-order valence-corrected chi connectivity index (χ0v) is 8.25. The van der Waals surface area contributed by atoms with Crippen LogP contribution in [0.5, 0.6) is 0 Å². The van der Waals surface area contributed by atoms with E-state index in [-0.39, 0.29) is 11.5 Å². The second-order valence-electron chi connectivity index (χ2n) is 4.13. The summed E-state index contributed by atoms with van der Waals surface area (Å²) in [4.78, 5) is 4.31. The lowest BCUT2D eigenvalue weighted by atomic mass is 9.91. The number of rotatable bonds is 2. The van der Waals surface area contributed by atoms with Crippen molar-refractivity contribution in [2.45, 2.75) is 38.1 Å². The van der Waals surface area contributed by atoms with Crippen LogP contribution < -0.4 is 5.73 Å². The minimum Gasteiger partial charge on any atom is -0.327 e. The third-order valence-electron chi connectivity index (χ3n) is 3.15. The van der Waals surface area contributed by atoms with Crippen LogP contribution in [0.25, 0.3) is 0 Å². The summed E-state index contributed by atoms with van der Waals surface area (Å²) in [7, 11) is 0. The van der Waals surface area contributed by atoms with Crippen LogP contribution in [-0.4, -0.2) is 11.0 Å². The molecule has 2 N–H and O–H groups in total. The summed E-state index contributed by atoms with van der Waals surface area (Å²) in [6, 6.07) is 4.48. The molecule has 1 fully saturated rings. The molecule has 0 aromatic carbocycles. The molecular formula is C11H16N2. The summed E-state index contributed by atoms with van der Waals surface area (Å²) in [5, 5.41) is 0. The maximum atomic E-state index is 5.97. The highest BCUT2D eigenvalue weighted by atomic mass is 14.7. The van der Waals surface area contributed by atoms with Crippen LogP contribution in [0.1, 0.15) is 31.0 Å². The maximum Gasteiger partial charge on any atom is 0.0372 e. The first-order chi connectivity index (χ1) is 6.15. The molecule has 1 unspecified atom stereocenters. The topological polar surface area (TPSA) is 38.9 Å². The van der Waals surface area contributed by atoms with Crippen molar-refractivity contribution in [3.63, 3.8) is 0 Å². The fourth-order valence-corrected chi connectivity index (χ4v) is 1.90. The molecule has 2 heteroatoms. The van der Waals surface area contributed by atoms with Gasteiger partial charge in [-0.1, -0.05) is 6.07 Å². The van der Waals surface area contributed by atoms with Crippen molar-refractivity contribution >= 4 is 0 Å². The van der Waals surface area contributed by atoms with Crippen LogP contribution in [0, 0.1) is 6.92 Å². The maximum absolute atomic E-state index is 5.97. The van der Waals surface area contributed by atoms with Crippen LogP contribution in [0.2, 0.25) is 0 Å². The molecule has 1 aliphatic carbocycles. The van der Waals surface area contributed by atoms with Crippen LogP contribution >= 0.6 is 0 Å². The van der Waals surface area contributed by atoms with Crippen molar-refractivity contribution < 1.29 is 0 Å². The SMILES string of the molecule is Cc1ccc(C2(C(C)N)CC2)cn1. The van der Waals surface area contributed by atoms with Gasteiger partial charge in [-0.15, -0.1) is 0 Å². The van der Waals surface area contributed by atoms with Gasteiger partial charge in [0.05, 0.1) is 0 Å². The van der Waals surface area contributed by atoms with E-state index >= 15 is 0 Å². The predicted molar refractivity (Wildman–Crippen MR) is 53.5 cm³/mol. The van der Waals surface area contributed by atoms with Gasteiger partial charge < -0.3 is 5.73 Å². The lowest BCUT2D eigenvalue weighted by Gasteiger charge is -2.19. The molecule has 0 radical (unpaired) electrons. The van der Waals surface area contributed by atoms with Gasteiger partial charge >= 0.3 is 0 Å². The smallest absolute Gasteiger partial charge is 0.0372 e. The third-order valence-corrected chi connectivity index (χ3v) is 3.15. The van der Waals surface area contributed by atoms with Crippen molar-refractivity contribution in [1.82, 2.24) is 4.98 Å². The second kappa shape index (κ2) is 2.81. The van der Waals surface area contributed by atoms with Crippen LogP contribution in [0.4, 0.5) is 0 Å². The Balaban J connectivity index is 2.31. The first-order valence-electron chi connectivity index (χ1n) is 4.84.